The highest BCUT2D eigenvalue weighted by atomic mass is 35.5. The van der Waals surface area contributed by atoms with Crippen LogP contribution in [-0.4, -0.2) is 42.4 Å². The van der Waals surface area contributed by atoms with E-state index in [0.717, 1.165) is 30.2 Å². The minimum absolute atomic E-state index is 0.193. The van der Waals surface area contributed by atoms with E-state index in [1.807, 2.05) is 30.3 Å². The summed E-state index contributed by atoms with van der Waals surface area (Å²) in [6, 6.07) is 18.2. The molecule has 6 nitrogen and oxygen atoms in total. The Morgan fingerprint density at radius 3 is 2.50 bits per heavy atom. The zero-order valence-electron chi connectivity index (χ0n) is 15.1. The van der Waals surface area contributed by atoms with Gasteiger partial charge in [-0.2, -0.15) is 0 Å². The second-order valence-electron chi connectivity index (χ2n) is 6.42. The molecule has 0 atom stereocenters. The van der Waals surface area contributed by atoms with Crippen LogP contribution >= 0.6 is 11.6 Å². The van der Waals surface area contributed by atoms with Crippen LogP contribution in [-0.2, 0) is 4.74 Å². The maximum absolute atomic E-state index is 12.5. The molecule has 2 aromatic carbocycles. The number of anilines is 2. The molecule has 1 aliphatic heterocycles. The van der Waals surface area contributed by atoms with Gasteiger partial charge >= 0.3 is 0 Å². The van der Waals surface area contributed by atoms with Crippen molar-refractivity contribution in [1.82, 2.24) is 10.2 Å². The number of ether oxygens (including phenoxy) is 1. The van der Waals surface area contributed by atoms with E-state index in [9.17, 15) is 4.79 Å². The highest BCUT2D eigenvalue weighted by Crippen LogP contribution is 2.21. The number of benzene rings is 2. The summed E-state index contributed by atoms with van der Waals surface area (Å²) in [4.78, 5) is 14.7. The molecule has 28 heavy (non-hydrogen) atoms. The Morgan fingerprint density at radius 2 is 1.79 bits per heavy atom. The maximum Gasteiger partial charge on any atom is 0.255 e. The van der Waals surface area contributed by atoms with Crippen LogP contribution in [0.4, 0.5) is 11.5 Å². The monoisotopic (exact) mass is 394 g/mol. The number of nitrogens with one attached hydrogen (secondary N) is 1. The van der Waals surface area contributed by atoms with Gasteiger partial charge in [0.25, 0.3) is 5.91 Å². The predicted molar refractivity (Wildman–Crippen MR) is 110 cm³/mol. The second kappa shape index (κ2) is 8.37. The lowest BCUT2D eigenvalue weighted by Gasteiger charge is -2.27. The number of carbonyl (C=O) groups is 1. The third-order valence-electron chi connectivity index (χ3n) is 4.51. The van der Waals surface area contributed by atoms with Gasteiger partial charge in [0.2, 0.25) is 0 Å². The van der Waals surface area contributed by atoms with Gasteiger partial charge in [-0.15, -0.1) is 10.2 Å². The third-order valence-corrected chi connectivity index (χ3v) is 4.76. The molecule has 1 aromatic heterocycles. The molecule has 2 heterocycles. The van der Waals surface area contributed by atoms with Gasteiger partial charge in [-0.1, -0.05) is 23.7 Å². The number of morpholine rings is 1. The van der Waals surface area contributed by atoms with Gasteiger partial charge < -0.3 is 15.0 Å². The molecular formula is C21H19ClN4O2. The number of hydrogen-bond acceptors (Lipinski definition) is 5. The largest absolute Gasteiger partial charge is 0.378 e. The van der Waals surface area contributed by atoms with E-state index in [1.165, 1.54) is 0 Å². The van der Waals surface area contributed by atoms with Crippen molar-refractivity contribution in [2.45, 2.75) is 0 Å². The first-order valence-electron chi connectivity index (χ1n) is 9.03. The van der Waals surface area contributed by atoms with Crippen molar-refractivity contribution in [1.29, 1.82) is 0 Å². The topological polar surface area (TPSA) is 67.4 Å². The van der Waals surface area contributed by atoms with Crippen molar-refractivity contribution in [2.24, 2.45) is 0 Å². The van der Waals surface area contributed by atoms with Crippen LogP contribution in [0.1, 0.15) is 10.4 Å². The molecule has 0 spiro atoms. The zero-order valence-corrected chi connectivity index (χ0v) is 15.9. The van der Waals surface area contributed by atoms with Crippen LogP contribution in [0.5, 0.6) is 0 Å². The maximum atomic E-state index is 12.5. The van der Waals surface area contributed by atoms with E-state index in [4.69, 9.17) is 16.3 Å². The van der Waals surface area contributed by atoms with Gasteiger partial charge in [0.05, 0.1) is 18.9 Å². The Labute approximate surface area is 168 Å². The fourth-order valence-electron chi connectivity index (χ4n) is 3.00. The van der Waals surface area contributed by atoms with Crippen molar-refractivity contribution in [3.05, 3.63) is 71.2 Å². The van der Waals surface area contributed by atoms with Crippen LogP contribution in [0.25, 0.3) is 11.3 Å². The van der Waals surface area contributed by atoms with Gasteiger partial charge in [0.1, 0.15) is 0 Å². The van der Waals surface area contributed by atoms with E-state index < -0.39 is 0 Å². The summed E-state index contributed by atoms with van der Waals surface area (Å²) >= 11 is 5.88. The highest BCUT2D eigenvalue weighted by Gasteiger charge is 2.13. The Hall–Kier alpha value is -2.96. The summed E-state index contributed by atoms with van der Waals surface area (Å²) in [6.45, 7) is 3.03. The summed E-state index contributed by atoms with van der Waals surface area (Å²) in [5, 5.41) is 12.2. The molecular weight excluding hydrogens is 376 g/mol. The van der Waals surface area contributed by atoms with Crippen molar-refractivity contribution < 1.29 is 9.53 Å². The van der Waals surface area contributed by atoms with Gasteiger partial charge in [-0.25, -0.2) is 0 Å². The first kappa shape index (κ1) is 18.4. The van der Waals surface area contributed by atoms with Gasteiger partial charge in [0.15, 0.2) is 5.82 Å². The van der Waals surface area contributed by atoms with Crippen LogP contribution < -0.4 is 10.2 Å². The summed E-state index contributed by atoms with van der Waals surface area (Å²) in [7, 11) is 0. The second-order valence-corrected chi connectivity index (χ2v) is 6.85. The fraction of sp³-hybridized carbons (Fsp3) is 0.190. The summed E-state index contributed by atoms with van der Waals surface area (Å²) < 4.78 is 5.36. The standard InChI is InChI=1S/C21H19ClN4O2/c22-17-4-6-18(7-5-17)23-21(27)16-3-1-2-15(14-16)19-8-9-20(25-24-19)26-10-12-28-13-11-26/h1-9,14H,10-13H2,(H,23,27). The van der Waals surface area contributed by atoms with E-state index in [0.29, 0.717) is 29.5 Å². The quantitative estimate of drug-likeness (QED) is 0.727. The number of hydrogen-bond donors (Lipinski definition) is 1. The van der Waals surface area contributed by atoms with Crippen LogP contribution in [0.2, 0.25) is 5.02 Å². The first-order valence-corrected chi connectivity index (χ1v) is 9.41. The van der Waals surface area contributed by atoms with Gasteiger partial charge in [-0.05, 0) is 48.5 Å². The van der Waals surface area contributed by atoms with Crippen molar-refractivity contribution in [3.8, 4) is 11.3 Å². The Morgan fingerprint density at radius 1 is 1.00 bits per heavy atom. The van der Waals surface area contributed by atoms with E-state index in [2.05, 4.69) is 20.4 Å². The predicted octanol–water partition coefficient (Wildman–Crippen LogP) is 3.89. The normalized spacial score (nSPS) is 14.0. The van der Waals surface area contributed by atoms with Crippen LogP contribution in [0, 0.1) is 0 Å². The SMILES string of the molecule is O=C(Nc1ccc(Cl)cc1)c1cccc(-c2ccc(N3CCOCC3)nn2)c1. The number of amides is 1. The molecule has 4 rings (SSSR count). The van der Waals surface area contributed by atoms with Crippen LogP contribution in [0.3, 0.4) is 0 Å². The van der Waals surface area contributed by atoms with E-state index in [-0.39, 0.29) is 5.91 Å². The molecule has 1 aliphatic rings. The number of carbonyl (C=O) groups excluding carboxylic acids is 1. The number of halogens is 1. The van der Waals surface area contributed by atoms with E-state index in [1.54, 1.807) is 30.3 Å². The number of nitrogens with zero attached hydrogens (tertiary/aromatic N) is 3. The highest BCUT2D eigenvalue weighted by molar-refractivity contribution is 6.30. The molecule has 1 amide bonds. The minimum Gasteiger partial charge on any atom is -0.378 e. The van der Waals surface area contributed by atoms with Gasteiger partial charge in [0, 0.05) is 34.9 Å². The summed E-state index contributed by atoms with van der Waals surface area (Å²) in [6.07, 6.45) is 0. The molecule has 142 valence electrons. The van der Waals surface area contributed by atoms with Gasteiger partial charge in [-0.3, -0.25) is 4.79 Å². The number of aromatic nitrogens is 2. The lowest BCUT2D eigenvalue weighted by molar-refractivity contribution is 0.102. The smallest absolute Gasteiger partial charge is 0.255 e. The molecule has 1 N–H and O–H groups in total. The average Bonchev–Trinajstić information content (AvgIpc) is 2.76. The average molecular weight is 395 g/mol. The molecule has 0 radical (unpaired) electrons. The molecule has 1 saturated heterocycles. The molecule has 0 bridgehead atoms. The lowest BCUT2D eigenvalue weighted by atomic mass is 10.1. The molecule has 0 aliphatic carbocycles. The minimum atomic E-state index is -0.193. The Balaban J connectivity index is 1.49. The summed E-state index contributed by atoms with van der Waals surface area (Å²) in [5.41, 5.74) is 2.80. The zero-order chi connectivity index (χ0) is 19.3. The van der Waals surface area contributed by atoms with Crippen LogP contribution in [0.15, 0.2) is 60.7 Å². The van der Waals surface area contributed by atoms with E-state index >= 15 is 0 Å². The molecule has 3 aromatic rings. The number of rotatable bonds is 4. The lowest BCUT2D eigenvalue weighted by Crippen LogP contribution is -2.36. The fourth-order valence-corrected chi connectivity index (χ4v) is 3.12. The van der Waals surface area contributed by atoms with Crippen molar-refractivity contribution in [3.63, 3.8) is 0 Å². The molecule has 0 saturated carbocycles. The third kappa shape index (κ3) is 4.30. The molecule has 7 heteroatoms. The molecule has 1 fully saturated rings. The molecule has 0 unspecified atom stereocenters. The van der Waals surface area contributed by atoms with Crippen molar-refractivity contribution in [2.75, 3.05) is 36.5 Å². The van der Waals surface area contributed by atoms with Crippen molar-refractivity contribution >= 4 is 29.0 Å². The Bertz CT molecular complexity index is 955. The Kier molecular flexibility index (Phi) is 5.50. The first-order chi connectivity index (χ1) is 13.7. The summed E-state index contributed by atoms with van der Waals surface area (Å²) in [5.74, 6) is 0.644.